The van der Waals surface area contributed by atoms with E-state index >= 15 is 0 Å². The molecule has 1 fully saturated rings. The molecule has 104 valence electrons. The highest BCUT2D eigenvalue weighted by Crippen LogP contribution is 2.23. The van der Waals surface area contributed by atoms with Crippen LogP contribution in [0.5, 0.6) is 0 Å². The number of nitrogen functional groups attached to an aromatic ring is 1. The molecule has 19 heavy (non-hydrogen) atoms. The Morgan fingerprint density at radius 1 is 1.47 bits per heavy atom. The summed E-state index contributed by atoms with van der Waals surface area (Å²) in [5, 5.41) is 10.9. The van der Waals surface area contributed by atoms with Crippen molar-refractivity contribution in [3.05, 3.63) is 33.9 Å². The Kier molecular flexibility index (Phi) is 4.01. The van der Waals surface area contributed by atoms with Crippen molar-refractivity contribution in [2.24, 2.45) is 0 Å². The number of nitro groups is 1. The standard InChI is InChI=1S/C13H20N4O2/c1-10-8-15(2)5-6-16(10)9-11-3-4-12(14)13(7-11)17(18)19/h3-4,7,10H,5-6,8-9,14H2,1-2H3. The molecule has 6 nitrogen and oxygen atoms in total. The van der Waals surface area contributed by atoms with Crippen LogP contribution < -0.4 is 5.73 Å². The molecule has 0 aromatic heterocycles. The van der Waals surface area contributed by atoms with Gasteiger partial charge < -0.3 is 10.6 Å². The average molecular weight is 264 g/mol. The van der Waals surface area contributed by atoms with Crippen molar-refractivity contribution in [2.75, 3.05) is 32.4 Å². The van der Waals surface area contributed by atoms with Gasteiger partial charge >= 0.3 is 0 Å². The molecule has 1 aliphatic heterocycles. The van der Waals surface area contributed by atoms with Crippen LogP contribution in [0.25, 0.3) is 0 Å². The molecule has 1 aliphatic rings. The Morgan fingerprint density at radius 2 is 2.21 bits per heavy atom. The topological polar surface area (TPSA) is 75.6 Å². The number of benzene rings is 1. The Hall–Kier alpha value is -1.66. The second-order valence-electron chi connectivity index (χ2n) is 5.23. The maximum Gasteiger partial charge on any atom is 0.292 e. The van der Waals surface area contributed by atoms with Crippen molar-refractivity contribution in [1.29, 1.82) is 0 Å². The van der Waals surface area contributed by atoms with Gasteiger partial charge in [-0.1, -0.05) is 6.07 Å². The molecular formula is C13H20N4O2. The van der Waals surface area contributed by atoms with Gasteiger partial charge in [0.15, 0.2) is 0 Å². The van der Waals surface area contributed by atoms with Crippen molar-refractivity contribution in [3.63, 3.8) is 0 Å². The normalized spacial score (nSPS) is 21.5. The van der Waals surface area contributed by atoms with Gasteiger partial charge in [-0.3, -0.25) is 15.0 Å². The lowest BCUT2D eigenvalue weighted by Gasteiger charge is -2.38. The minimum absolute atomic E-state index is 0.000666. The summed E-state index contributed by atoms with van der Waals surface area (Å²) in [5.41, 5.74) is 6.77. The molecule has 0 saturated carbocycles. The third-order valence-corrected chi connectivity index (χ3v) is 3.65. The maximum atomic E-state index is 10.9. The summed E-state index contributed by atoms with van der Waals surface area (Å²) in [7, 11) is 2.11. The summed E-state index contributed by atoms with van der Waals surface area (Å²) in [6.45, 7) is 5.95. The summed E-state index contributed by atoms with van der Waals surface area (Å²) in [4.78, 5) is 15.1. The van der Waals surface area contributed by atoms with E-state index in [1.165, 1.54) is 0 Å². The molecule has 0 amide bonds. The number of likely N-dealkylation sites (N-methyl/N-ethyl adjacent to an activating group) is 1. The van der Waals surface area contributed by atoms with E-state index in [9.17, 15) is 10.1 Å². The quantitative estimate of drug-likeness (QED) is 0.506. The van der Waals surface area contributed by atoms with E-state index in [-0.39, 0.29) is 11.4 Å². The second-order valence-corrected chi connectivity index (χ2v) is 5.23. The molecule has 1 aromatic carbocycles. The zero-order valence-electron chi connectivity index (χ0n) is 11.4. The highest BCUT2D eigenvalue weighted by atomic mass is 16.6. The van der Waals surface area contributed by atoms with Crippen LogP contribution >= 0.6 is 0 Å². The van der Waals surface area contributed by atoms with Crippen LogP contribution in [0.1, 0.15) is 12.5 Å². The predicted molar refractivity (Wildman–Crippen MR) is 74.9 cm³/mol. The molecule has 2 N–H and O–H groups in total. The van der Waals surface area contributed by atoms with Crippen LogP contribution in [0.15, 0.2) is 18.2 Å². The number of nitrogens with two attached hydrogens (primary N) is 1. The molecule has 1 heterocycles. The fourth-order valence-corrected chi connectivity index (χ4v) is 2.49. The van der Waals surface area contributed by atoms with Crippen molar-refractivity contribution in [1.82, 2.24) is 9.80 Å². The van der Waals surface area contributed by atoms with E-state index in [0.717, 1.165) is 31.7 Å². The van der Waals surface area contributed by atoms with Crippen LogP contribution in [0.4, 0.5) is 11.4 Å². The summed E-state index contributed by atoms with van der Waals surface area (Å²) >= 11 is 0. The van der Waals surface area contributed by atoms with Gasteiger partial charge in [0.2, 0.25) is 0 Å². The maximum absolute atomic E-state index is 10.9. The average Bonchev–Trinajstić information content (AvgIpc) is 2.34. The van der Waals surface area contributed by atoms with Gasteiger partial charge in [0.05, 0.1) is 4.92 Å². The Bertz CT molecular complexity index is 478. The fourth-order valence-electron chi connectivity index (χ4n) is 2.49. The number of hydrogen-bond acceptors (Lipinski definition) is 5. The number of hydrogen-bond donors (Lipinski definition) is 1. The summed E-state index contributed by atoms with van der Waals surface area (Å²) < 4.78 is 0. The van der Waals surface area contributed by atoms with Crippen LogP contribution in [0, 0.1) is 10.1 Å². The molecule has 0 spiro atoms. The molecule has 1 saturated heterocycles. The second kappa shape index (κ2) is 5.54. The number of piperazine rings is 1. The molecule has 2 rings (SSSR count). The number of anilines is 1. The molecule has 0 radical (unpaired) electrons. The number of rotatable bonds is 3. The fraction of sp³-hybridized carbons (Fsp3) is 0.538. The zero-order chi connectivity index (χ0) is 14.0. The van der Waals surface area contributed by atoms with Crippen molar-refractivity contribution < 1.29 is 4.92 Å². The van der Waals surface area contributed by atoms with Crippen LogP contribution in [0.3, 0.4) is 0 Å². The lowest BCUT2D eigenvalue weighted by molar-refractivity contribution is -0.384. The zero-order valence-corrected chi connectivity index (χ0v) is 11.4. The van der Waals surface area contributed by atoms with E-state index in [1.807, 2.05) is 6.07 Å². The first kappa shape index (κ1) is 13.8. The summed E-state index contributed by atoms with van der Waals surface area (Å²) in [6, 6.07) is 5.53. The van der Waals surface area contributed by atoms with E-state index < -0.39 is 4.92 Å². The van der Waals surface area contributed by atoms with Crippen LogP contribution in [-0.2, 0) is 6.54 Å². The highest BCUT2D eigenvalue weighted by molar-refractivity contribution is 5.59. The highest BCUT2D eigenvalue weighted by Gasteiger charge is 2.22. The molecule has 1 aromatic rings. The summed E-state index contributed by atoms with van der Waals surface area (Å²) in [6.07, 6.45) is 0. The third kappa shape index (κ3) is 3.21. The molecule has 1 unspecified atom stereocenters. The molecule has 0 bridgehead atoms. The monoisotopic (exact) mass is 264 g/mol. The minimum atomic E-state index is -0.424. The smallest absolute Gasteiger partial charge is 0.292 e. The SMILES string of the molecule is CC1CN(C)CCN1Cc1ccc(N)c([N+](=O)[O-])c1. The van der Waals surface area contributed by atoms with Crippen LogP contribution in [0.2, 0.25) is 0 Å². The van der Waals surface area contributed by atoms with Gasteiger partial charge in [-0.2, -0.15) is 0 Å². The number of nitro benzene ring substituents is 1. The Balaban J connectivity index is 2.11. The lowest BCUT2D eigenvalue weighted by Crippen LogP contribution is -2.49. The largest absolute Gasteiger partial charge is 0.393 e. The molecule has 0 aliphatic carbocycles. The predicted octanol–water partition coefficient (Wildman–Crippen LogP) is 1.31. The molecule has 1 atom stereocenters. The van der Waals surface area contributed by atoms with Crippen molar-refractivity contribution in [3.8, 4) is 0 Å². The minimum Gasteiger partial charge on any atom is -0.393 e. The van der Waals surface area contributed by atoms with Gasteiger partial charge in [-0.05, 0) is 25.6 Å². The molecule has 6 heteroatoms. The van der Waals surface area contributed by atoms with Crippen LogP contribution in [-0.4, -0.2) is 47.4 Å². The van der Waals surface area contributed by atoms with E-state index in [0.29, 0.717) is 6.04 Å². The first-order chi connectivity index (χ1) is 8.97. The lowest BCUT2D eigenvalue weighted by atomic mass is 10.1. The first-order valence-corrected chi connectivity index (χ1v) is 6.42. The van der Waals surface area contributed by atoms with Crippen molar-refractivity contribution in [2.45, 2.75) is 19.5 Å². The first-order valence-electron chi connectivity index (χ1n) is 6.42. The molecular weight excluding hydrogens is 244 g/mol. The Morgan fingerprint density at radius 3 is 2.84 bits per heavy atom. The van der Waals surface area contributed by atoms with E-state index in [4.69, 9.17) is 5.73 Å². The Labute approximate surface area is 112 Å². The van der Waals surface area contributed by atoms with Crippen molar-refractivity contribution >= 4 is 11.4 Å². The summed E-state index contributed by atoms with van der Waals surface area (Å²) in [5.74, 6) is 0. The third-order valence-electron chi connectivity index (χ3n) is 3.65. The van der Waals surface area contributed by atoms with Gasteiger partial charge in [0, 0.05) is 38.3 Å². The number of nitrogens with zero attached hydrogens (tertiary/aromatic N) is 3. The van der Waals surface area contributed by atoms with E-state index in [1.54, 1.807) is 12.1 Å². The van der Waals surface area contributed by atoms with Gasteiger partial charge in [-0.15, -0.1) is 0 Å². The van der Waals surface area contributed by atoms with Gasteiger partial charge in [0.1, 0.15) is 5.69 Å². The van der Waals surface area contributed by atoms with Gasteiger partial charge in [0.25, 0.3) is 5.69 Å². The van der Waals surface area contributed by atoms with E-state index in [2.05, 4.69) is 23.8 Å². The van der Waals surface area contributed by atoms with Gasteiger partial charge in [-0.25, -0.2) is 0 Å².